The highest BCUT2D eigenvalue weighted by Crippen LogP contribution is 2.22. The van der Waals surface area contributed by atoms with E-state index in [2.05, 4.69) is 106 Å². The van der Waals surface area contributed by atoms with Gasteiger partial charge in [-0.15, -0.1) is 0 Å². The molecule has 49 N–H and O–H groups in total. The number of aliphatic carboxylic acids is 2. The van der Waals surface area contributed by atoms with Crippen LogP contribution in [0, 0.1) is 49.7 Å². The highest BCUT2D eigenvalue weighted by atomic mass is 16.4. The van der Waals surface area contributed by atoms with Crippen molar-refractivity contribution in [3.63, 3.8) is 0 Å². The molecule has 0 bridgehead atoms. The first kappa shape index (κ1) is 120. The van der Waals surface area contributed by atoms with E-state index < -0.39 is 246 Å². The van der Waals surface area contributed by atoms with Crippen LogP contribution in [0.15, 0.2) is 0 Å². The largest absolute Gasteiger partial charge is 0.481 e. The minimum absolute atomic E-state index is 0.000163. The molecule has 57 nitrogen and oxygen atoms in total. The summed E-state index contributed by atoms with van der Waals surface area (Å²) < 4.78 is 0. The van der Waals surface area contributed by atoms with Gasteiger partial charge in [0.05, 0.1) is 18.8 Å². The van der Waals surface area contributed by atoms with Gasteiger partial charge in [0.15, 0.2) is 41.7 Å². The van der Waals surface area contributed by atoms with Crippen LogP contribution in [0.1, 0.15) is 183 Å². The SMILES string of the molecule is CC(C)C[C@H](NC(=O)[C@H](CO)NC(=O)[C@@H](NC(=O)[C@H](C)NC(=O)[C@@H](N)CCC(=O)O)C(C)C)C(=O)N[C@@H](CCCCN)C(=O)N1CCC[C@H]1C(=O)N[C@H](C(=O)N[C@@H](CCCNC(=N)N)C(=O)N[C@@H](CCCNC(=N)N)C(=O)N[C@@H](CCCNC(=N)N)C(=O)N[C@@H](CCCNC(=N)N)C(=O)N[C@@H](CCCNC(=N)N)C(=O)N[C@@H](CCCNC(=N)N)C(=O)N[C@@H](CCCNC(=N)N)C(=O)O)[C@@H](C)O. The molecule has 1 fully saturated rings. The summed E-state index contributed by atoms with van der Waals surface area (Å²) in [7, 11) is 0. The molecule has 0 aliphatic carbocycles. The molecule has 1 heterocycles. The molecule has 0 radical (unpaired) electrons. The fourth-order valence-electron chi connectivity index (χ4n) is 13.7. The van der Waals surface area contributed by atoms with Crippen molar-refractivity contribution in [1.29, 1.82) is 37.9 Å². The Bertz CT molecular complexity index is 4020. The second-order valence-corrected chi connectivity index (χ2v) is 33.3. The van der Waals surface area contributed by atoms with Crippen molar-refractivity contribution in [1.82, 2.24) is 111 Å². The maximum absolute atomic E-state index is 15.0. The Kier molecular flexibility index (Phi) is 57.5. The standard InChI is InChI=1S/C79H149N37O20/c1-39(2)37-52(112-67(130)53(38-117)113-69(132)56(40(3)4)114-58(121)41(5)103-59(122)43(81)26-27-55(119)120)66(129)110-50(17-7-8-28-80)71(134)116-36-16-25-54(116)68(131)115-57(42(6)118)70(133)109-49(23-14-34-101-78(92)93)64(127)107-47(21-12-32-99-76(88)89)62(125)105-45(19-10-30-97-74(84)85)60(123)104-44(18-9-29-96-73(82)83)61(124)106-46(20-11-31-98-75(86)87)63(126)108-48(22-13-33-100-77(90)91)65(128)111-51(72(135)136)24-15-35-102-79(94)95/h39-54,56-57,117-118H,7-38,80-81H2,1-6H3,(H,103,122)(H,104,123)(H,105,125)(H,106,124)(H,107,127)(H,108,126)(H,109,133)(H,110,129)(H,111,128)(H,112,130)(H,113,132)(H,114,121)(H,115,131)(H,119,120)(H,135,136)(H4,82,83,96)(H4,84,85,97)(H4,86,87,98)(H4,88,89,99)(H4,90,91,100)(H4,92,93,101)(H4,94,95,102)/t41-,42+,43-,44-,45-,46-,47-,48-,49-,50-,51-,52-,53-,54-,56-,57-/m0/s1. The van der Waals surface area contributed by atoms with Gasteiger partial charge in [-0.25, -0.2) is 4.79 Å². The quantitative estimate of drug-likeness (QED) is 0.0153. The summed E-state index contributed by atoms with van der Waals surface area (Å²) in [6.45, 7) is 7.65. The molecule has 0 aromatic rings. The van der Waals surface area contributed by atoms with Crippen molar-refractivity contribution >= 4 is 136 Å². The summed E-state index contributed by atoms with van der Waals surface area (Å²) in [6.07, 6.45) is -3.76. The lowest BCUT2D eigenvalue weighted by atomic mass is 10.0. The van der Waals surface area contributed by atoms with Crippen LogP contribution in [0.3, 0.4) is 0 Å². The van der Waals surface area contributed by atoms with E-state index >= 15 is 9.59 Å². The normalized spacial score (nSPS) is 15.4. The van der Waals surface area contributed by atoms with E-state index in [1.165, 1.54) is 6.92 Å². The molecule has 1 aliphatic heterocycles. The van der Waals surface area contributed by atoms with Crippen molar-refractivity contribution in [2.24, 2.45) is 63.4 Å². The van der Waals surface area contributed by atoms with Gasteiger partial charge in [0.1, 0.15) is 84.6 Å². The van der Waals surface area contributed by atoms with Crippen LogP contribution >= 0.6 is 0 Å². The van der Waals surface area contributed by atoms with Crippen molar-refractivity contribution in [2.45, 2.75) is 280 Å². The number of nitrogens with two attached hydrogens (primary N) is 9. The van der Waals surface area contributed by atoms with Gasteiger partial charge in [0.25, 0.3) is 0 Å². The van der Waals surface area contributed by atoms with Crippen LogP contribution in [-0.4, -0.2) is 324 Å². The number of carbonyl (C=O) groups is 16. The average Bonchev–Trinajstić information content (AvgIpc) is 1.67. The Morgan fingerprint density at radius 2 is 0.654 bits per heavy atom. The summed E-state index contributed by atoms with van der Waals surface area (Å²) >= 11 is 0. The first-order valence-electron chi connectivity index (χ1n) is 44.9. The van der Waals surface area contributed by atoms with Gasteiger partial charge in [-0.1, -0.05) is 27.7 Å². The van der Waals surface area contributed by atoms with Crippen LogP contribution in [0.5, 0.6) is 0 Å². The number of carbonyl (C=O) groups excluding carboxylic acids is 14. The topological polar surface area (TPSA) is 999 Å². The van der Waals surface area contributed by atoms with Crippen molar-refractivity contribution in [3.8, 4) is 0 Å². The third-order valence-corrected chi connectivity index (χ3v) is 20.9. The summed E-state index contributed by atoms with van der Waals surface area (Å²) in [6, 6.07) is -23.2. The van der Waals surface area contributed by atoms with Crippen LogP contribution in [-0.2, 0) is 76.7 Å². The van der Waals surface area contributed by atoms with Crippen molar-refractivity contribution in [2.75, 3.05) is 65.5 Å². The second-order valence-electron chi connectivity index (χ2n) is 33.3. The molecule has 1 aliphatic rings. The third kappa shape index (κ3) is 49.8. The lowest BCUT2D eigenvalue weighted by Gasteiger charge is -2.32. The molecule has 0 aromatic carbocycles. The lowest BCUT2D eigenvalue weighted by molar-refractivity contribution is -0.143. The van der Waals surface area contributed by atoms with E-state index in [1.54, 1.807) is 27.7 Å². The van der Waals surface area contributed by atoms with Crippen LogP contribution in [0.2, 0.25) is 0 Å². The van der Waals surface area contributed by atoms with E-state index in [4.69, 9.17) is 94.6 Å². The molecule has 0 aromatic heterocycles. The monoisotopic (exact) mass is 1940 g/mol. The smallest absolute Gasteiger partial charge is 0.326 e. The van der Waals surface area contributed by atoms with Gasteiger partial charge in [0.2, 0.25) is 82.7 Å². The minimum atomic E-state index is -1.92. The number of carboxylic acid groups (broad SMARTS) is 2. The number of amides is 14. The summed E-state index contributed by atoms with van der Waals surface area (Å²) in [5.41, 5.74) is 50.3. The molecule has 136 heavy (non-hydrogen) atoms. The summed E-state index contributed by atoms with van der Waals surface area (Å²) in [4.78, 5) is 226. The highest BCUT2D eigenvalue weighted by Gasteiger charge is 2.43. The molecule has 0 spiro atoms. The van der Waals surface area contributed by atoms with E-state index in [0.29, 0.717) is 6.42 Å². The summed E-state index contributed by atoms with van der Waals surface area (Å²) in [5, 5.41) is 145. The Morgan fingerprint density at radius 1 is 0.353 bits per heavy atom. The zero-order valence-corrected chi connectivity index (χ0v) is 78.0. The maximum Gasteiger partial charge on any atom is 0.326 e. The number of likely N-dealkylation sites (tertiary alicyclic amines) is 1. The molecule has 1 saturated heterocycles. The molecule has 0 unspecified atom stereocenters. The minimum Gasteiger partial charge on any atom is -0.481 e. The molecule has 14 amide bonds. The Hall–Kier alpha value is -13.7. The van der Waals surface area contributed by atoms with Crippen LogP contribution in [0.25, 0.3) is 0 Å². The molecule has 1 rings (SSSR count). The van der Waals surface area contributed by atoms with Gasteiger partial charge in [-0.2, -0.15) is 0 Å². The number of unbranched alkanes of at least 4 members (excludes halogenated alkanes) is 1. The predicted octanol–water partition coefficient (Wildman–Crippen LogP) is -12.4. The lowest BCUT2D eigenvalue weighted by Crippen LogP contribution is -2.62. The second kappa shape index (κ2) is 65.0. The highest BCUT2D eigenvalue weighted by molar-refractivity contribution is 6.01. The number of aliphatic hydroxyl groups excluding tert-OH is 2. The Balaban J connectivity index is 3.95. The van der Waals surface area contributed by atoms with Gasteiger partial charge < -0.3 is 183 Å². The number of nitrogens with zero attached hydrogens (tertiary/aromatic N) is 1. The van der Waals surface area contributed by atoms with E-state index in [-0.39, 0.29) is 199 Å². The first-order chi connectivity index (χ1) is 63.9. The van der Waals surface area contributed by atoms with Crippen molar-refractivity contribution in [3.05, 3.63) is 0 Å². The fraction of sp³-hybridized carbons (Fsp3) is 0.709. The number of guanidine groups is 7. The molecular formula is C79H149N37O20. The number of hydrogen-bond acceptors (Lipinski definition) is 27. The van der Waals surface area contributed by atoms with E-state index in [0.717, 1.165) is 11.8 Å². The summed E-state index contributed by atoms with van der Waals surface area (Å²) in [5.74, 6) is -20.8. The van der Waals surface area contributed by atoms with Crippen molar-refractivity contribution < 1.29 is 97.1 Å². The average molecular weight is 1940 g/mol. The zero-order chi connectivity index (χ0) is 103. The van der Waals surface area contributed by atoms with Gasteiger partial charge in [-0.3, -0.25) is 110 Å². The van der Waals surface area contributed by atoms with Gasteiger partial charge in [0, 0.05) is 58.8 Å². The van der Waals surface area contributed by atoms with E-state index in [9.17, 15) is 82.4 Å². The van der Waals surface area contributed by atoms with E-state index in [1.807, 2.05) is 0 Å². The molecule has 16 atom stereocenters. The molecular weight excluding hydrogens is 1790 g/mol. The number of rotatable bonds is 68. The van der Waals surface area contributed by atoms with Gasteiger partial charge >= 0.3 is 11.9 Å². The number of aliphatic hydroxyl groups is 2. The number of hydrogen-bond donors (Lipinski definition) is 40. The zero-order valence-electron chi connectivity index (χ0n) is 78.0. The molecule has 770 valence electrons. The Morgan fingerprint density at radius 3 is 0.971 bits per heavy atom. The van der Waals surface area contributed by atoms with Gasteiger partial charge in [-0.05, 0) is 167 Å². The predicted molar refractivity (Wildman–Crippen MR) is 498 cm³/mol. The number of carboxylic acids is 2. The molecule has 0 saturated carbocycles. The van der Waals surface area contributed by atoms with Crippen LogP contribution in [0.4, 0.5) is 0 Å². The van der Waals surface area contributed by atoms with Crippen LogP contribution < -0.4 is 158 Å². The third-order valence-electron chi connectivity index (χ3n) is 20.9. The maximum atomic E-state index is 15.0. The first-order valence-corrected chi connectivity index (χ1v) is 44.9. The number of nitrogens with one attached hydrogen (secondary N) is 27. The Labute approximate surface area is 788 Å². The molecule has 57 heteroatoms. The fourth-order valence-corrected chi connectivity index (χ4v) is 13.7.